The van der Waals surface area contributed by atoms with Crippen LogP contribution in [0, 0.1) is 0 Å². The molecule has 0 aliphatic carbocycles. The largest absolute Gasteiger partial charge is 0.507 e. The molecule has 100 valence electrons. The molecule has 0 spiro atoms. The smallest absolute Gasteiger partial charge is 0.257 e. The van der Waals surface area contributed by atoms with E-state index in [1.165, 1.54) is 23.1 Å². The molecule has 1 aromatic heterocycles. The summed E-state index contributed by atoms with van der Waals surface area (Å²) in [5, 5.41) is 10.1. The summed E-state index contributed by atoms with van der Waals surface area (Å²) in [4.78, 5) is 17.9. The summed E-state index contributed by atoms with van der Waals surface area (Å²) in [6.45, 7) is 0.355. The van der Waals surface area contributed by atoms with Gasteiger partial charge in [0.15, 0.2) is 0 Å². The molecule has 0 bridgehead atoms. The van der Waals surface area contributed by atoms with Gasteiger partial charge < -0.3 is 14.6 Å². The maximum absolute atomic E-state index is 12.2. The molecule has 2 rings (SSSR count). The van der Waals surface area contributed by atoms with Crippen molar-refractivity contribution >= 4 is 17.5 Å². The maximum Gasteiger partial charge on any atom is 0.257 e. The highest BCUT2D eigenvalue weighted by Crippen LogP contribution is 2.23. The summed E-state index contributed by atoms with van der Waals surface area (Å²) < 4.78 is 1.83. The SMILES string of the molecule is CN(Cc1nccn1C)C(=O)c1cc(Cl)ccc1O. The lowest BCUT2D eigenvalue weighted by atomic mass is 10.2. The van der Waals surface area contributed by atoms with E-state index in [0.717, 1.165) is 5.82 Å². The van der Waals surface area contributed by atoms with E-state index in [2.05, 4.69) is 4.98 Å². The van der Waals surface area contributed by atoms with Crippen LogP contribution in [0.4, 0.5) is 0 Å². The number of rotatable bonds is 3. The standard InChI is InChI=1S/C13H14ClN3O2/c1-16-6-5-15-12(16)8-17(2)13(19)10-7-9(14)3-4-11(10)18/h3-7,18H,8H2,1-2H3. The fraction of sp³-hybridized carbons (Fsp3) is 0.231. The van der Waals surface area contributed by atoms with Gasteiger partial charge in [0, 0.05) is 31.5 Å². The van der Waals surface area contributed by atoms with E-state index < -0.39 is 0 Å². The second-order valence-corrected chi connectivity index (χ2v) is 4.71. The van der Waals surface area contributed by atoms with Crippen LogP contribution in [0.15, 0.2) is 30.6 Å². The number of phenols is 1. The number of aromatic nitrogens is 2. The summed E-state index contributed by atoms with van der Waals surface area (Å²) >= 11 is 5.84. The van der Waals surface area contributed by atoms with Crippen molar-refractivity contribution in [1.29, 1.82) is 0 Å². The molecule has 0 aliphatic heterocycles. The molecule has 1 amide bonds. The predicted octanol–water partition coefficient (Wildman–Crippen LogP) is 2.05. The van der Waals surface area contributed by atoms with E-state index in [1.54, 1.807) is 13.2 Å². The molecule has 0 fully saturated rings. The third kappa shape index (κ3) is 2.88. The molecule has 1 aromatic carbocycles. The van der Waals surface area contributed by atoms with Gasteiger partial charge in [-0.1, -0.05) is 11.6 Å². The Balaban J connectivity index is 2.19. The fourth-order valence-electron chi connectivity index (χ4n) is 1.72. The van der Waals surface area contributed by atoms with Gasteiger partial charge in [0.05, 0.1) is 12.1 Å². The number of nitrogens with zero attached hydrogens (tertiary/aromatic N) is 3. The first-order chi connectivity index (χ1) is 8.99. The van der Waals surface area contributed by atoms with Crippen molar-refractivity contribution in [1.82, 2.24) is 14.5 Å². The van der Waals surface area contributed by atoms with E-state index >= 15 is 0 Å². The lowest BCUT2D eigenvalue weighted by Crippen LogP contribution is -2.27. The summed E-state index contributed by atoms with van der Waals surface area (Å²) in [5.41, 5.74) is 0.184. The average Bonchev–Trinajstić information content (AvgIpc) is 2.77. The Morgan fingerprint density at radius 2 is 2.26 bits per heavy atom. The maximum atomic E-state index is 12.2. The molecule has 2 aromatic rings. The number of aryl methyl sites for hydroxylation is 1. The minimum absolute atomic E-state index is 0.0823. The molecule has 5 nitrogen and oxygen atoms in total. The quantitative estimate of drug-likeness (QED) is 0.935. The zero-order chi connectivity index (χ0) is 14.0. The van der Waals surface area contributed by atoms with Crippen LogP contribution in [0.2, 0.25) is 5.02 Å². The highest BCUT2D eigenvalue weighted by Gasteiger charge is 2.17. The molecule has 6 heteroatoms. The van der Waals surface area contributed by atoms with E-state index in [1.807, 2.05) is 17.8 Å². The molecule has 19 heavy (non-hydrogen) atoms. The van der Waals surface area contributed by atoms with Gasteiger partial charge in [0.2, 0.25) is 0 Å². The number of amides is 1. The van der Waals surface area contributed by atoms with Crippen LogP contribution in [0.25, 0.3) is 0 Å². The number of carbonyl (C=O) groups is 1. The minimum Gasteiger partial charge on any atom is -0.507 e. The van der Waals surface area contributed by atoms with E-state index in [0.29, 0.717) is 11.6 Å². The van der Waals surface area contributed by atoms with Crippen LogP contribution in [-0.4, -0.2) is 32.5 Å². The van der Waals surface area contributed by atoms with Gasteiger partial charge in [0.25, 0.3) is 5.91 Å². The van der Waals surface area contributed by atoms with Crippen LogP contribution >= 0.6 is 11.6 Å². The predicted molar refractivity (Wildman–Crippen MR) is 72.1 cm³/mol. The normalized spacial score (nSPS) is 10.5. The molecule has 1 heterocycles. The lowest BCUT2D eigenvalue weighted by Gasteiger charge is -2.17. The molecule has 0 atom stereocenters. The Morgan fingerprint density at radius 1 is 1.53 bits per heavy atom. The van der Waals surface area contributed by atoms with Crippen molar-refractivity contribution in [2.24, 2.45) is 7.05 Å². The number of phenolic OH excluding ortho intramolecular Hbond substituents is 1. The number of aromatic hydroxyl groups is 1. The van der Waals surface area contributed by atoms with Gasteiger partial charge in [-0.25, -0.2) is 4.98 Å². The Bertz CT molecular complexity index is 610. The monoisotopic (exact) mass is 279 g/mol. The third-order valence-electron chi connectivity index (χ3n) is 2.84. The van der Waals surface area contributed by atoms with Crippen LogP contribution in [0.5, 0.6) is 5.75 Å². The minimum atomic E-state index is -0.303. The number of hydrogen-bond donors (Lipinski definition) is 1. The number of hydrogen-bond acceptors (Lipinski definition) is 3. The Hall–Kier alpha value is -2.01. The number of carbonyl (C=O) groups excluding carboxylic acids is 1. The average molecular weight is 280 g/mol. The second-order valence-electron chi connectivity index (χ2n) is 4.28. The highest BCUT2D eigenvalue weighted by molar-refractivity contribution is 6.31. The zero-order valence-corrected chi connectivity index (χ0v) is 11.4. The first-order valence-corrected chi connectivity index (χ1v) is 6.07. The summed E-state index contributed by atoms with van der Waals surface area (Å²) in [7, 11) is 3.51. The molecular weight excluding hydrogens is 266 g/mol. The molecule has 0 unspecified atom stereocenters. The van der Waals surface area contributed by atoms with Crippen LogP contribution in [-0.2, 0) is 13.6 Å². The Morgan fingerprint density at radius 3 is 2.89 bits per heavy atom. The van der Waals surface area contributed by atoms with Crippen molar-refractivity contribution in [3.63, 3.8) is 0 Å². The molecule has 1 N–H and O–H groups in total. The third-order valence-corrected chi connectivity index (χ3v) is 3.07. The van der Waals surface area contributed by atoms with Crippen molar-refractivity contribution in [3.05, 3.63) is 47.0 Å². The van der Waals surface area contributed by atoms with Gasteiger partial charge in [-0.2, -0.15) is 0 Å². The molecule has 0 saturated carbocycles. The Kier molecular flexibility index (Phi) is 3.76. The lowest BCUT2D eigenvalue weighted by molar-refractivity contribution is 0.0777. The van der Waals surface area contributed by atoms with E-state index in [9.17, 15) is 9.90 Å². The second kappa shape index (κ2) is 5.32. The molecule has 0 saturated heterocycles. The number of benzene rings is 1. The van der Waals surface area contributed by atoms with Crippen LogP contribution in [0.3, 0.4) is 0 Å². The summed E-state index contributed by atoms with van der Waals surface area (Å²) in [6, 6.07) is 4.39. The Labute approximate surface area is 116 Å². The highest BCUT2D eigenvalue weighted by atomic mass is 35.5. The van der Waals surface area contributed by atoms with Crippen LogP contribution in [0.1, 0.15) is 16.2 Å². The molecule has 0 aliphatic rings. The zero-order valence-electron chi connectivity index (χ0n) is 10.7. The topological polar surface area (TPSA) is 58.4 Å². The summed E-state index contributed by atoms with van der Waals surface area (Å²) in [6.07, 6.45) is 3.48. The van der Waals surface area contributed by atoms with Crippen molar-refractivity contribution < 1.29 is 9.90 Å². The van der Waals surface area contributed by atoms with Crippen molar-refractivity contribution in [2.45, 2.75) is 6.54 Å². The first kappa shape index (κ1) is 13.4. The summed E-state index contributed by atoms with van der Waals surface area (Å²) in [5.74, 6) is 0.376. The fourth-order valence-corrected chi connectivity index (χ4v) is 1.89. The number of halogens is 1. The van der Waals surface area contributed by atoms with Crippen LogP contribution < -0.4 is 0 Å². The molecular formula is C13H14ClN3O2. The van der Waals surface area contributed by atoms with Crippen molar-refractivity contribution in [3.8, 4) is 5.75 Å². The first-order valence-electron chi connectivity index (χ1n) is 5.69. The van der Waals surface area contributed by atoms with E-state index in [-0.39, 0.29) is 17.2 Å². The van der Waals surface area contributed by atoms with Gasteiger partial charge in [-0.15, -0.1) is 0 Å². The van der Waals surface area contributed by atoms with Crippen molar-refractivity contribution in [2.75, 3.05) is 7.05 Å². The number of imidazole rings is 1. The van der Waals surface area contributed by atoms with Gasteiger partial charge in [-0.3, -0.25) is 4.79 Å². The van der Waals surface area contributed by atoms with E-state index in [4.69, 9.17) is 11.6 Å². The molecule has 0 radical (unpaired) electrons. The van der Waals surface area contributed by atoms with Gasteiger partial charge in [-0.05, 0) is 18.2 Å². The van der Waals surface area contributed by atoms with Gasteiger partial charge in [0.1, 0.15) is 11.6 Å². The van der Waals surface area contributed by atoms with Gasteiger partial charge >= 0.3 is 0 Å².